The Morgan fingerprint density at radius 3 is 2.44 bits per heavy atom. The van der Waals surface area contributed by atoms with Crippen LogP contribution in [0.2, 0.25) is 0 Å². The summed E-state index contributed by atoms with van der Waals surface area (Å²) in [5, 5.41) is 3.02. The molecule has 0 unspecified atom stereocenters. The number of hydrogen-bond acceptors (Lipinski definition) is 2. The lowest BCUT2D eigenvalue weighted by Crippen LogP contribution is -2.35. The molecule has 1 saturated carbocycles. The van der Waals surface area contributed by atoms with Gasteiger partial charge in [0.05, 0.1) is 5.41 Å². The number of carbonyl (C=O) groups is 1. The zero-order valence-corrected chi connectivity index (χ0v) is 11.3. The van der Waals surface area contributed by atoms with Crippen LogP contribution in [0.4, 0.5) is 0 Å². The highest BCUT2D eigenvalue weighted by Gasteiger charge is 2.50. The molecule has 1 aliphatic rings. The normalized spacial score (nSPS) is 15.6. The van der Waals surface area contributed by atoms with Gasteiger partial charge in [-0.15, -0.1) is 12.4 Å². The standard InChI is InChI=1S/C14H20N2O.ClH/c15-10-4-5-11-16-13(17)14(8-9-14)12-6-2-1-3-7-12;/h1-3,6-7H,4-5,8-11,15H2,(H,16,17);1H. The van der Waals surface area contributed by atoms with Crippen LogP contribution < -0.4 is 11.1 Å². The molecule has 3 N–H and O–H groups in total. The van der Waals surface area contributed by atoms with Crippen LogP contribution in [-0.4, -0.2) is 19.0 Å². The number of rotatable bonds is 6. The van der Waals surface area contributed by atoms with Crippen molar-refractivity contribution in [2.75, 3.05) is 13.1 Å². The second-order valence-electron chi connectivity index (χ2n) is 4.70. The van der Waals surface area contributed by atoms with Crippen molar-refractivity contribution in [1.82, 2.24) is 5.32 Å². The van der Waals surface area contributed by atoms with Crippen LogP contribution in [0.25, 0.3) is 0 Å². The third kappa shape index (κ3) is 3.24. The molecule has 0 bridgehead atoms. The molecule has 1 aliphatic carbocycles. The molecule has 100 valence electrons. The molecule has 18 heavy (non-hydrogen) atoms. The van der Waals surface area contributed by atoms with Gasteiger partial charge in [0.1, 0.15) is 0 Å². The van der Waals surface area contributed by atoms with Gasteiger partial charge >= 0.3 is 0 Å². The van der Waals surface area contributed by atoms with Crippen molar-refractivity contribution in [2.45, 2.75) is 31.1 Å². The van der Waals surface area contributed by atoms with Gasteiger partial charge in [0.15, 0.2) is 0 Å². The van der Waals surface area contributed by atoms with Crippen LogP contribution in [0.1, 0.15) is 31.2 Å². The lowest BCUT2D eigenvalue weighted by Gasteiger charge is -2.15. The molecular weight excluding hydrogens is 248 g/mol. The Kier molecular flexibility index (Phi) is 5.63. The van der Waals surface area contributed by atoms with Crippen molar-refractivity contribution in [3.63, 3.8) is 0 Å². The van der Waals surface area contributed by atoms with Crippen LogP contribution >= 0.6 is 12.4 Å². The SMILES string of the molecule is Cl.NCCCCNC(=O)C1(c2ccccc2)CC1. The van der Waals surface area contributed by atoms with E-state index in [9.17, 15) is 4.79 Å². The zero-order valence-electron chi connectivity index (χ0n) is 10.5. The molecule has 1 aromatic carbocycles. The Balaban J connectivity index is 0.00000162. The van der Waals surface area contributed by atoms with E-state index in [4.69, 9.17) is 5.73 Å². The highest BCUT2D eigenvalue weighted by atomic mass is 35.5. The van der Waals surface area contributed by atoms with Crippen LogP contribution in [0.5, 0.6) is 0 Å². The van der Waals surface area contributed by atoms with E-state index in [0.29, 0.717) is 6.54 Å². The molecular formula is C14H21ClN2O. The van der Waals surface area contributed by atoms with Gasteiger partial charge in [0, 0.05) is 6.54 Å². The Bertz CT molecular complexity index is 377. The maximum atomic E-state index is 12.1. The summed E-state index contributed by atoms with van der Waals surface area (Å²) in [6.45, 7) is 1.43. The number of hydrogen-bond donors (Lipinski definition) is 2. The van der Waals surface area contributed by atoms with Gasteiger partial charge < -0.3 is 11.1 Å². The Morgan fingerprint density at radius 2 is 1.89 bits per heavy atom. The van der Waals surface area contributed by atoms with Crippen molar-refractivity contribution in [2.24, 2.45) is 5.73 Å². The van der Waals surface area contributed by atoms with Gasteiger partial charge in [-0.05, 0) is 37.8 Å². The summed E-state index contributed by atoms with van der Waals surface area (Å²) in [4.78, 5) is 12.1. The van der Waals surface area contributed by atoms with Gasteiger partial charge in [-0.3, -0.25) is 4.79 Å². The molecule has 0 spiro atoms. The van der Waals surface area contributed by atoms with E-state index in [1.165, 1.54) is 0 Å². The second-order valence-corrected chi connectivity index (χ2v) is 4.70. The minimum atomic E-state index is -0.232. The van der Waals surface area contributed by atoms with E-state index in [1.54, 1.807) is 0 Å². The summed E-state index contributed by atoms with van der Waals surface area (Å²) >= 11 is 0. The van der Waals surface area contributed by atoms with Crippen LogP contribution in [-0.2, 0) is 10.2 Å². The third-order valence-corrected chi connectivity index (χ3v) is 3.43. The van der Waals surface area contributed by atoms with Crippen molar-refractivity contribution >= 4 is 18.3 Å². The number of unbranched alkanes of at least 4 members (excludes halogenated alkanes) is 1. The van der Waals surface area contributed by atoms with Gasteiger partial charge in [0.2, 0.25) is 5.91 Å². The van der Waals surface area contributed by atoms with Gasteiger partial charge in [0.25, 0.3) is 0 Å². The molecule has 0 aliphatic heterocycles. The van der Waals surface area contributed by atoms with E-state index in [0.717, 1.165) is 37.8 Å². The molecule has 1 fully saturated rings. The number of benzene rings is 1. The first kappa shape index (κ1) is 15.0. The van der Waals surface area contributed by atoms with E-state index >= 15 is 0 Å². The molecule has 4 heteroatoms. The van der Waals surface area contributed by atoms with E-state index in [-0.39, 0.29) is 23.7 Å². The van der Waals surface area contributed by atoms with Crippen molar-refractivity contribution in [3.8, 4) is 0 Å². The Hall–Kier alpha value is -1.06. The zero-order chi connectivity index (χ0) is 12.1. The summed E-state index contributed by atoms with van der Waals surface area (Å²) in [5.74, 6) is 0.181. The first-order chi connectivity index (χ1) is 8.29. The summed E-state index contributed by atoms with van der Waals surface area (Å²) in [5.41, 5.74) is 6.34. The van der Waals surface area contributed by atoms with Crippen molar-refractivity contribution in [1.29, 1.82) is 0 Å². The number of amides is 1. The minimum Gasteiger partial charge on any atom is -0.355 e. The first-order valence-electron chi connectivity index (χ1n) is 6.33. The summed E-state index contributed by atoms with van der Waals surface area (Å²) < 4.78 is 0. The molecule has 0 atom stereocenters. The number of nitrogens with one attached hydrogen (secondary N) is 1. The molecule has 3 nitrogen and oxygen atoms in total. The smallest absolute Gasteiger partial charge is 0.230 e. The van der Waals surface area contributed by atoms with Gasteiger partial charge in [-0.1, -0.05) is 30.3 Å². The molecule has 1 amide bonds. The lowest BCUT2D eigenvalue weighted by molar-refractivity contribution is -0.123. The summed E-state index contributed by atoms with van der Waals surface area (Å²) in [7, 11) is 0. The predicted molar refractivity (Wildman–Crippen MR) is 75.9 cm³/mol. The summed E-state index contributed by atoms with van der Waals surface area (Å²) in [6.07, 6.45) is 3.88. The fourth-order valence-electron chi connectivity index (χ4n) is 2.17. The second kappa shape index (κ2) is 6.76. The fraction of sp³-hybridized carbons (Fsp3) is 0.500. The van der Waals surface area contributed by atoms with E-state index in [1.807, 2.05) is 30.3 Å². The van der Waals surface area contributed by atoms with Crippen LogP contribution in [0.3, 0.4) is 0 Å². The molecule has 0 saturated heterocycles. The third-order valence-electron chi connectivity index (χ3n) is 3.43. The van der Waals surface area contributed by atoms with Crippen LogP contribution in [0, 0.1) is 0 Å². The highest BCUT2D eigenvalue weighted by molar-refractivity contribution is 5.91. The summed E-state index contributed by atoms with van der Waals surface area (Å²) in [6, 6.07) is 10.1. The molecule has 1 aromatic rings. The Morgan fingerprint density at radius 1 is 1.22 bits per heavy atom. The van der Waals surface area contributed by atoms with Gasteiger partial charge in [-0.25, -0.2) is 0 Å². The molecule has 2 rings (SSSR count). The van der Waals surface area contributed by atoms with Gasteiger partial charge in [-0.2, -0.15) is 0 Å². The average molecular weight is 269 g/mol. The van der Waals surface area contributed by atoms with Crippen LogP contribution in [0.15, 0.2) is 30.3 Å². The molecule has 0 heterocycles. The van der Waals surface area contributed by atoms with Crippen molar-refractivity contribution < 1.29 is 4.79 Å². The average Bonchev–Trinajstić information content (AvgIpc) is 3.17. The molecule has 0 aromatic heterocycles. The van der Waals surface area contributed by atoms with E-state index < -0.39 is 0 Å². The maximum Gasteiger partial charge on any atom is 0.230 e. The van der Waals surface area contributed by atoms with E-state index in [2.05, 4.69) is 5.32 Å². The fourth-order valence-corrected chi connectivity index (χ4v) is 2.17. The quantitative estimate of drug-likeness (QED) is 0.776. The first-order valence-corrected chi connectivity index (χ1v) is 6.33. The number of nitrogens with two attached hydrogens (primary N) is 1. The Labute approximate surface area is 115 Å². The highest BCUT2D eigenvalue weighted by Crippen LogP contribution is 2.48. The number of halogens is 1. The topological polar surface area (TPSA) is 55.1 Å². The predicted octanol–water partition coefficient (Wildman–Crippen LogP) is 2.00. The maximum absolute atomic E-state index is 12.1. The lowest BCUT2D eigenvalue weighted by atomic mass is 9.95. The minimum absolute atomic E-state index is 0. The largest absolute Gasteiger partial charge is 0.355 e. The van der Waals surface area contributed by atoms with Crippen molar-refractivity contribution in [3.05, 3.63) is 35.9 Å². The number of carbonyl (C=O) groups excluding carboxylic acids is 1. The monoisotopic (exact) mass is 268 g/mol. The molecule has 0 radical (unpaired) electrons.